The molecule has 0 aliphatic heterocycles. The molecular formula is C11H23NO2. The summed E-state index contributed by atoms with van der Waals surface area (Å²) in [6.45, 7) is 6.73. The van der Waals surface area contributed by atoms with Crippen molar-refractivity contribution < 1.29 is 9.53 Å². The first kappa shape index (κ1) is 13.4. The summed E-state index contributed by atoms with van der Waals surface area (Å²) in [6.07, 6.45) is 3.45. The molecule has 0 aliphatic carbocycles. The predicted molar refractivity (Wildman–Crippen MR) is 57.9 cm³/mol. The fourth-order valence-electron chi connectivity index (χ4n) is 0.993. The van der Waals surface area contributed by atoms with Gasteiger partial charge in [-0.25, -0.2) is 0 Å². The lowest BCUT2D eigenvalue weighted by molar-refractivity contribution is -0.150. The molecule has 0 amide bonds. The third kappa shape index (κ3) is 6.89. The Morgan fingerprint density at radius 2 is 1.86 bits per heavy atom. The van der Waals surface area contributed by atoms with Gasteiger partial charge in [-0.2, -0.15) is 0 Å². The van der Waals surface area contributed by atoms with Crippen molar-refractivity contribution in [2.75, 3.05) is 6.54 Å². The number of carbonyl (C=O) groups excluding carboxylic acids is 1. The molecule has 0 saturated heterocycles. The van der Waals surface area contributed by atoms with Gasteiger partial charge in [-0.1, -0.05) is 20.3 Å². The number of nitrogens with two attached hydrogens (primary N) is 1. The van der Waals surface area contributed by atoms with Crippen molar-refractivity contribution in [2.45, 2.75) is 52.6 Å². The second-order valence-corrected chi connectivity index (χ2v) is 4.04. The molecule has 0 heterocycles. The van der Waals surface area contributed by atoms with Crippen LogP contribution in [0.25, 0.3) is 0 Å². The Hall–Kier alpha value is -0.570. The SMILES string of the molecule is CC(C)C(C)OC(=O)CCCCCN. The number of esters is 1. The van der Waals surface area contributed by atoms with Crippen LogP contribution >= 0.6 is 0 Å². The number of rotatable bonds is 7. The zero-order valence-electron chi connectivity index (χ0n) is 9.58. The maximum absolute atomic E-state index is 11.3. The number of hydrogen-bond acceptors (Lipinski definition) is 3. The molecule has 0 bridgehead atoms. The Balaban J connectivity index is 3.45. The van der Waals surface area contributed by atoms with E-state index >= 15 is 0 Å². The summed E-state index contributed by atoms with van der Waals surface area (Å²) in [5.41, 5.74) is 5.35. The van der Waals surface area contributed by atoms with E-state index in [1.807, 2.05) is 20.8 Å². The van der Waals surface area contributed by atoms with Crippen molar-refractivity contribution in [1.82, 2.24) is 0 Å². The zero-order valence-corrected chi connectivity index (χ0v) is 9.58. The van der Waals surface area contributed by atoms with Crippen LogP contribution in [-0.4, -0.2) is 18.6 Å². The van der Waals surface area contributed by atoms with Crippen molar-refractivity contribution in [1.29, 1.82) is 0 Å². The molecule has 0 aliphatic rings. The molecule has 3 nitrogen and oxygen atoms in total. The third-order valence-electron chi connectivity index (χ3n) is 2.34. The second-order valence-electron chi connectivity index (χ2n) is 4.04. The van der Waals surface area contributed by atoms with Crippen LogP contribution in [0.3, 0.4) is 0 Å². The maximum atomic E-state index is 11.3. The van der Waals surface area contributed by atoms with E-state index in [4.69, 9.17) is 10.5 Å². The summed E-state index contributed by atoms with van der Waals surface area (Å²) in [7, 11) is 0. The quantitative estimate of drug-likeness (QED) is 0.507. The Kier molecular flexibility index (Phi) is 7.48. The van der Waals surface area contributed by atoms with Crippen LogP contribution in [0.4, 0.5) is 0 Å². The summed E-state index contributed by atoms with van der Waals surface area (Å²) in [4.78, 5) is 11.3. The molecule has 0 aromatic heterocycles. The van der Waals surface area contributed by atoms with Gasteiger partial charge in [0, 0.05) is 6.42 Å². The molecule has 0 saturated carbocycles. The fourth-order valence-corrected chi connectivity index (χ4v) is 0.993. The van der Waals surface area contributed by atoms with E-state index in [1.165, 1.54) is 0 Å². The van der Waals surface area contributed by atoms with Gasteiger partial charge in [-0.3, -0.25) is 4.79 Å². The van der Waals surface area contributed by atoms with Crippen molar-refractivity contribution in [3.05, 3.63) is 0 Å². The minimum absolute atomic E-state index is 0.0250. The summed E-state index contributed by atoms with van der Waals surface area (Å²) in [6, 6.07) is 0. The molecule has 2 N–H and O–H groups in total. The first-order chi connectivity index (χ1) is 6.57. The highest BCUT2D eigenvalue weighted by molar-refractivity contribution is 5.69. The molecule has 0 fully saturated rings. The van der Waals surface area contributed by atoms with E-state index in [9.17, 15) is 4.79 Å². The van der Waals surface area contributed by atoms with Gasteiger partial charge >= 0.3 is 5.97 Å². The van der Waals surface area contributed by atoms with Gasteiger partial charge in [-0.05, 0) is 32.2 Å². The van der Waals surface area contributed by atoms with E-state index in [-0.39, 0.29) is 12.1 Å². The van der Waals surface area contributed by atoms with E-state index in [0.717, 1.165) is 19.3 Å². The maximum Gasteiger partial charge on any atom is 0.306 e. The monoisotopic (exact) mass is 201 g/mol. The van der Waals surface area contributed by atoms with E-state index in [0.29, 0.717) is 18.9 Å². The van der Waals surface area contributed by atoms with Crippen LogP contribution in [0.5, 0.6) is 0 Å². The lowest BCUT2D eigenvalue weighted by Crippen LogP contribution is -2.19. The average Bonchev–Trinajstić information content (AvgIpc) is 2.12. The average molecular weight is 201 g/mol. The highest BCUT2D eigenvalue weighted by Crippen LogP contribution is 2.08. The Morgan fingerprint density at radius 1 is 1.21 bits per heavy atom. The molecule has 1 unspecified atom stereocenters. The molecule has 3 heteroatoms. The Labute approximate surface area is 87.0 Å². The van der Waals surface area contributed by atoms with Gasteiger partial charge in [0.2, 0.25) is 0 Å². The van der Waals surface area contributed by atoms with Gasteiger partial charge in [-0.15, -0.1) is 0 Å². The standard InChI is InChI=1S/C11H23NO2/c1-9(2)10(3)14-11(13)7-5-4-6-8-12/h9-10H,4-8,12H2,1-3H3. The minimum Gasteiger partial charge on any atom is -0.462 e. The summed E-state index contributed by atoms with van der Waals surface area (Å²) in [5, 5.41) is 0. The number of hydrogen-bond donors (Lipinski definition) is 1. The van der Waals surface area contributed by atoms with Crippen LogP contribution in [0.2, 0.25) is 0 Å². The van der Waals surface area contributed by atoms with Gasteiger partial charge in [0.15, 0.2) is 0 Å². The van der Waals surface area contributed by atoms with Gasteiger partial charge in [0.05, 0.1) is 0 Å². The van der Waals surface area contributed by atoms with Gasteiger partial charge < -0.3 is 10.5 Å². The lowest BCUT2D eigenvalue weighted by atomic mass is 10.1. The highest BCUT2D eigenvalue weighted by atomic mass is 16.5. The van der Waals surface area contributed by atoms with Crippen molar-refractivity contribution in [3.8, 4) is 0 Å². The lowest BCUT2D eigenvalue weighted by Gasteiger charge is -2.16. The largest absolute Gasteiger partial charge is 0.462 e. The van der Waals surface area contributed by atoms with Gasteiger partial charge in [0.25, 0.3) is 0 Å². The summed E-state index contributed by atoms with van der Waals surface area (Å²) < 4.78 is 5.22. The number of unbranched alkanes of at least 4 members (excludes halogenated alkanes) is 2. The smallest absolute Gasteiger partial charge is 0.306 e. The molecule has 0 aromatic rings. The number of ether oxygens (including phenoxy) is 1. The molecule has 1 atom stereocenters. The predicted octanol–water partition coefficient (Wildman–Crippen LogP) is 2.09. The summed E-state index contributed by atoms with van der Waals surface area (Å²) >= 11 is 0. The number of carbonyl (C=O) groups is 1. The molecular weight excluding hydrogens is 178 g/mol. The van der Waals surface area contributed by atoms with Crippen LogP contribution in [0.15, 0.2) is 0 Å². The first-order valence-electron chi connectivity index (χ1n) is 5.47. The van der Waals surface area contributed by atoms with Crippen molar-refractivity contribution in [2.24, 2.45) is 11.7 Å². The van der Waals surface area contributed by atoms with Gasteiger partial charge in [0.1, 0.15) is 6.10 Å². The first-order valence-corrected chi connectivity index (χ1v) is 5.47. The molecule has 0 spiro atoms. The van der Waals surface area contributed by atoms with Crippen LogP contribution in [0, 0.1) is 5.92 Å². The topological polar surface area (TPSA) is 52.3 Å². The van der Waals surface area contributed by atoms with Crippen molar-refractivity contribution in [3.63, 3.8) is 0 Å². The molecule has 0 radical (unpaired) electrons. The Bertz CT molecular complexity index is 157. The highest BCUT2D eigenvalue weighted by Gasteiger charge is 2.12. The van der Waals surface area contributed by atoms with E-state index in [1.54, 1.807) is 0 Å². The third-order valence-corrected chi connectivity index (χ3v) is 2.34. The normalized spacial score (nSPS) is 12.9. The van der Waals surface area contributed by atoms with Crippen LogP contribution in [0.1, 0.15) is 46.5 Å². The molecule has 0 rings (SSSR count). The minimum atomic E-state index is -0.0804. The van der Waals surface area contributed by atoms with E-state index < -0.39 is 0 Å². The summed E-state index contributed by atoms with van der Waals surface area (Å²) in [5.74, 6) is 0.311. The zero-order chi connectivity index (χ0) is 11.0. The second kappa shape index (κ2) is 7.80. The Morgan fingerprint density at radius 3 is 2.36 bits per heavy atom. The van der Waals surface area contributed by atoms with Crippen LogP contribution in [-0.2, 0) is 9.53 Å². The molecule has 14 heavy (non-hydrogen) atoms. The van der Waals surface area contributed by atoms with E-state index in [2.05, 4.69) is 0 Å². The van der Waals surface area contributed by atoms with Crippen molar-refractivity contribution >= 4 is 5.97 Å². The fraction of sp³-hybridized carbons (Fsp3) is 0.909. The molecule has 0 aromatic carbocycles. The van der Waals surface area contributed by atoms with Crippen LogP contribution < -0.4 is 5.73 Å². The molecule has 84 valence electrons.